The Labute approximate surface area is 167 Å². The van der Waals surface area contributed by atoms with Gasteiger partial charge in [-0.15, -0.1) is 11.8 Å². The minimum Gasteiger partial charge on any atom is -0.351 e. The number of thioether (sulfide) groups is 1. The number of carbonyl (C=O) groups excluding carboxylic acids is 1. The average Bonchev–Trinajstić information content (AvgIpc) is 2.69. The number of hydrogen-bond donors (Lipinski definition) is 1. The Kier molecular flexibility index (Phi) is 6.92. The van der Waals surface area contributed by atoms with Gasteiger partial charge in [-0.1, -0.05) is 72.8 Å². The number of nitrogens with one attached hydrogen (secondary N) is 1. The molecule has 3 rings (SSSR count). The highest BCUT2D eigenvalue weighted by molar-refractivity contribution is 9.10. The zero-order valence-corrected chi connectivity index (χ0v) is 16.7. The van der Waals surface area contributed by atoms with Crippen molar-refractivity contribution in [3.8, 4) is 0 Å². The first-order chi connectivity index (χ1) is 12.7. The van der Waals surface area contributed by atoms with Crippen LogP contribution in [0.15, 0.2) is 89.4 Å². The van der Waals surface area contributed by atoms with E-state index in [-0.39, 0.29) is 11.2 Å². The van der Waals surface area contributed by atoms with Crippen molar-refractivity contribution >= 4 is 33.6 Å². The molecule has 3 aromatic carbocycles. The Balaban J connectivity index is 1.68. The van der Waals surface area contributed by atoms with Crippen LogP contribution in [0, 0.1) is 0 Å². The Morgan fingerprint density at radius 2 is 1.50 bits per heavy atom. The lowest BCUT2D eigenvalue weighted by Gasteiger charge is -2.18. The molecule has 0 aliphatic carbocycles. The van der Waals surface area contributed by atoms with Gasteiger partial charge in [0.2, 0.25) is 0 Å². The van der Waals surface area contributed by atoms with Crippen molar-refractivity contribution < 1.29 is 4.79 Å². The van der Waals surface area contributed by atoms with E-state index in [0.29, 0.717) is 12.1 Å². The van der Waals surface area contributed by atoms with Gasteiger partial charge in [-0.2, -0.15) is 0 Å². The molecule has 1 atom stereocenters. The molecule has 1 N–H and O–H groups in total. The highest BCUT2D eigenvalue weighted by Crippen LogP contribution is 2.31. The van der Waals surface area contributed by atoms with Gasteiger partial charge >= 0.3 is 0 Å². The summed E-state index contributed by atoms with van der Waals surface area (Å²) in [7, 11) is 0. The molecule has 26 heavy (non-hydrogen) atoms. The standard InChI is InChI=1S/C22H20BrNOS/c23-20-14-8-7-13-19(20)22(25)24-15-21(18-11-5-2-6-12-18)26-16-17-9-3-1-4-10-17/h1-14,21H,15-16H2,(H,24,25)/t21-/m0/s1. The largest absolute Gasteiger partial charge is 0.351 e. The van der Waals surface area contributed by atoms with E-state index in [1.54, 1.807) is 0 Å². The van der Waals surface area contributed by atoms with Gasteiger partial charge in [0, 0.05) is 22.0 Å². The Morgan fingerprint density at radius 1 is 0.885 bits per heavy atom. The van der Waals surface area contributed by atoms with Crippen LogP contribution in [0.2, 0.25) is 0 Å². The molecular weight excluding hydrogens is 406 g/mol. The lowest BCUT2D eigenvalue weighted by molar-refractivity contribution is 0.0953. The van der Waals surface area contributed by atoms with Crippen LogP contribution in [0.4, 0.5) is 0 Å². The molecule has 0 aromatic heterocycles. The van der Waals surface area contributed by atoms with Crippen molar-refractivity contribution in [2.24, 2.45) is 0 Å². The van der Waals surface area contributed by atoms with Crippen LogP contribution in [-0.2, 0) is 5.75 Å². The molecule has 0 saturated carbocycles. The maximum Gasteiger partial charge on any atom is 0.252 e. The maximum absolute atomic E-state index is 12.5. The first-order valence-electron chi connectivity index (χ1n) is 8.47. The molecule has 0 fully saturated rings. The predicted octanol–water partition coefficient (Wildman–Crippen LogP) is 5.85. The zero-order valence-electron chi connectivity index (χ0n) is 14.3. The van der Waals surface area contributed by atoms with E-state index in [0.717, 1.165) is 10.2 Å². The van der Waals surface area contributed by atoms with Gasteiger partial charge in [0.05, 0.1) is 5.56 Å². The van der Waals surface area contributed by atoms with Crippen LogP contribution in [0.5, 0.6) is 0 Å². The van der Waals surface area contributed by atoms with Gasteiger partial charge < -0.3 is 5.32 Å². The van der Waals surface area contributed by atoms with Crippen LogP contribution < -0.4 is 5.32 Å². The van der Waals surface area contributed by atoms with Gasteiger partial charge in [-0.05, 0) is 39.2 Å². The van der Waals surface area contributed by atoms with Crippen molar-refractivity contribution in [1.82, 2.24) is 5.32 Å². The van der Waals surface area contributed by atoms with Crippen LogP contribution in [0.3, 0.4) is 0 Å². The van der Waals surface area contributed by atoms with Crippen LogP contribution >= 0.6 is 27.7 Å². The number of hydrogen-bond acceptors (Lipinski definition) is 2. The van der Waals surface area contributed by atoms with Crippen molar-refractivity contribution in [1.29, 1.82) is 0 Å². The van der Waals surface area contributed by atoms with Gasteiger partial charge in [0.25, 0.3) is 5.91 Å². The lowest BCUT2D eigenvalue weighted by atomic mass is 10.1. The molecule has 0 aliphatic rings. The molecule has 0 aliphatic heterocycles. The first kappa shape index (κ1) is 18.7. The molecule has 4 heteroatoms. The summed E-state index contributed by atoms with van der Waals surface area (Å²) in [6, 6.07) is 28.2. The number of benzene rings is 3. The molecule has 0 radical (unpaired) electrons. The molecule has 2 nitrogen and oxygen atoms in total. The summed E-state index contributed by atoms with van der Waals surface area (Å²) in [5, 5.41) is 3.28. The van der Waals surface area contributed by atoms with E-state index in [9.17, 15) is 4.79 Å². The summed E-state index contributed by atoms with van der Waals surface area (Å²) in [5.41, 5.74) is 3.17. The third kappa shape index (κ3) is 5.23. The van der Waals surface area contributed by atoms with Gasteiger partial charge in [-0.25, -0.2) is 0 Å². The van der Waals surface area contributed by atoms with Gasteiger partial charge in [0.1, 0.15) is 0 Å². The van der Waals surface area contributed by atoms with Gasteiger partial charge in [-0.3, -0.25) is 4.79 Å². The fourth-order valence-corrected chi connectivity index (χ4v) is 4.24. The number of halogens is 1. The Bertz CT molecular complexity index is 839. The SMILES string of the molecule is O=C(NC[C@H](SCc1ccccc1)c1ccccc1)c1ccccc1Br. The van der Waals surface area contributed by atoms with Crippen molar-refractivity contribution in [2.75, 3.05) is 6.54 Å². The average molecular weight is 426 g/mol. The van der Waals surface area contributed by atoms with E-state index in [1.165, 1.54) is 11.1 Å². The number of rotatable bonds is 7. The second kappa shape index (κ2) is 9.60. The molecule has 132 valence electrons. The zero-order chi connectivity index (χ0) is 18.2. The molecular formula is C22H20BrNOS. The fourth-order valence-electron chi connectivity index (χ4n) is 2.64. The quantitative estimate of drug-likeness (QED) is 0.513. The smallest absolute Gasteiger partial charge is 0.252 e. The molecule has 0 spiro atoms. The van der Waals surface area contributed by atoms with Gasteiger partial charge in [0.15, 0.2) is 0 Å². The summed E-state index contributed by atoms with van der Waals surface area (Å²) in [5.74, 6) is 0.851. The third-order valence-electron chi connectivity index (χ3n) is 4.03. The van der Waals surface area contributed by atoms with Crippen LogP contribution in [0.25, 0.3) is 0 Å². The third-order valence-corrected chi connectivity index (χ3v) is 6.06. The predicted molar refractivity (Wildman–Crippen MR) is 113 cm³/mol. The van der Waals surface area contributed by atoms with E-state index in [1.807, 2.05) is 60.3 Å². The van der Waals surface area contributed by atoms with Crippen molar-refractivity contribution in [3.05, 3.63) is 106 Å². The lowest BCUT2D eigenvalue weighted by Crippen LogP contribution is -2.27. The maximum atomic E-state index is 12.5. The molecule has 1 amide bonds. The van der Waals surface area contributed by atoms with E-state index in [4.69, 9.17) is 0 Å². The van der Waals surface area contributed by atoms with Crippen LogP contribution in [-0.4, -0.2) is 12.5 Å². The topological polar surface area (TPSA) is 29.1 Å². The summed E-state index contributed by atoms with van der Waals surface area (Å²) in [6.45, 7) is 0.585. The second-order valence-corrected chi connectivity index (χ2v) is 7.93. The molecule has 3 aromatic rings. The van der Waals surface area contributed by atoms with Crippen LogP contribution in [0.1, 0.15) is 26.7 Å². The summed E-state index contributed by atoms with van der Waals surface area (Å²) >= 11 is 5.29. The highest BCUT2D eigenvalue weighted by atomic mass is 79.9. The second-order valence-electron chi connectivity index (χ2n) is 5.89. The highest BCUT2D eigenvalue weighted by Gasteiger charge is 2.15. The minimum atomic E-state index is -0.0567. The van der Waals surface area contributed by atoms with Crippen molar-refractivity contribution in [2.45, 2.75) is 11.0 Å². The fraction of sp³-hybridized carbons (Fsp3) is 0.136. The Morgan fingerprint density at radius 3 is 2.19 bits per heavy atom. The molecule has 0 unspecified atom stereocenters. The van der Waals surface area contributed by atoms with E-state index in [2.05, 4.69) is 57.6 Å². The Hall–Kier alpha value is -2.04. The minimum absolute atomic E-state index is 0.0567. The van der Waals surface area contributed by atoms with Crippen molar-refractivity contribution in [3.63, 3.8) is 0 Å². The first-order valence-corrected chi connectivity index (χ1v) is 10.3. The number of carbonyl (C=O) groups is 1. The normalized spacial score (nSPS) is 11.7. The summed E-state index contributed by atoms with van der Waals surface area (Å²) in [4.78, 5) is 12.5. The van der Waals surface area contributed by atoms with E-state index < -0.39 is 0 Å². The summed E-state index contributed by atoms with van der Waals surface area (Å²) < 4.78 is 0.811. The molecule has 0 heterocycles. The van der Waals surface area contributed by atoms with E-state index >= 15 is 0 Å². The number of amides is 1. The summed E-state index contributed by atoms with van der Waals surface area (Å²) in [6.07, 6.45) is 0. The molecule has 0 bridgehead atoms. The monoisotopic (exact) mass is 425 g/mol. The molecule has 0 saturated heterocycles.